The summed E-state index contributed by atoms with van der Waals surface area (Å²) in [6.07, 6.45) is 51.9. The third-order valence-electron chi connectivity index (χ3n) is 8.18. The van der Waals surface area contributed by atoms with Crippen LogP contribution in [0.2, 0.25) is 0 Å². The van der Waals surface area contributed by atoms with Gasteiger partial charge in [-0.05, 0) is 25.0 Å². The van der Waals surface area contributed by atoms with Crippen LogP contribution in [0.25, 0.3) is 0 Å². The summed E-state index contributed by atoms with van der Waals surface area (Å²) >= 11 is 0. The van der Waals surface area contributed by atoms with Gasteiger partial charge in [-0.1, -0.05) is 212 Å². The molecule has 0 saturated heterocycles. The average molecular weight is 543 g/mol. The molecule has 0 N–H and O–H groups in total. The predicted octanol–water partition coefficient (Wildman–Crippen LogP) is 13.6. The Morgan fingerprint density at radius 3 is 1.00 bits per heavy atom. The highest BCUT2D eigenvalue weighted by atomic mass is 16.1. The molecule has 0 fully saturated rings. The van der Waals surface area contributed by atoms with Gasteiger partial charge in [-0.25, -0.2) is 0 Å². The molecule has 0 amide bonds. The Morgan fingerprint density at radius 2 is 0.718 bits per heavy atom. The molecule has 0 unspecified atom stereocenters. The summed E-state index contributed by atoms with van der Waals surface area (Å²) < 4.78 is 0. The first-order chi connectivity index (χ1) is 19.3. The topological polar surface area (TPSA) is 17.1 Å². The number of unbranched alkanes of at least 4 members (excludes halogenated alkanes) is 29. The summed E-state index contributed by atoms with van der Waals surface area (Å²) in [5, 5.41) is 0. The van der Waals surface area contributed by atoms with Crippen molar-refractivity contribution in [3.63, 3.8) is 0 Å². The monoisotopic (exact) mass is 543 g/mol. The third kappa shape index (κ3) is 34.9. The van der Waals surface area contributed by atoms with Crippen LogP contribution in [0.3, 0.4) is 0 Å². The molecular formula is C38H70O. The Kier molecular flexibility index (Phi) is 33.9. The summed E-state index contributed by atoms with van der Waals surface area (Å²) in [5.74, 6) is -0.0274. The molecule has 0 rings (SSSR count). The fraction of sp³-hybridized carbons (Fsp3) is 0.816. The molecule has 0 aromatic rings. The number of allylic oxidation sites excluding steroid dienone is 5. The lowest BCUT2D eigenvalue weighted by atomic mass is 10.0. The van der Waals surface area contributed by atoms with E-state index in [1.165, 1.54) is 192 Å². The van der Waals surface area contributed by atoms with Crippen LogP contribution in [0.15, 0.2) is 37.0 Å². The summed E-state index contributed by atoms with van der Waals surface area (Å²) in [7, 11) is 0. The fourth-order valence-corrected chi connectivity index (χ4v) is 5.50. The lowest BCUT2D eigenvalue weighted by Gasteiger charge is -2.04. The first kappa shape index (κ1) is 37.9. The molecule has 0 aliphatic carbocycles. The molecule has 0 aliphatic rings. The van der Waals surface area contributed by atoms with Gasteiger partial charge >= 0.3 is 0 Å². The van der Waals surface area contributed by atoms with E-state index in [1.54, 1.807) is 6.08 Å². The maximum absolute atomic E-state index is 11.0. The van der Waals surface area contributed by atoms with Gasteiger partial charge < -0.3 is 0 Å². The van der Waals surface area contributed by atoms with Crippen molar-refractivity contribution in [3.05, 3.63) is 37.0 Å². The Bertz CT molecular complexity index is 543. The van der Waals surface area contributed by atoms with E-state index >= 15 is 0 Å². The second-order valence-electron chi connectivity index (χ2n) is 12.1. The Balaban J connectivity index is 3.09. The molecule has 1 heteroatoms. The van der Waals surface area contributed by atoms with Gasteiger partial charge in [-0.15, -0.1) is 0 Å². The zero-order chi connectivity index (χ0) is 28.3. The quantitative estimate of drug-likeness (QED) is 0.0458. The second kappa shape index (κ2) is 34.9. The third-order valence-corrected chi connectivity index (χ3v) is 8.18. The molecule has 0 saturated carbocycles. The van der Waals surface area contributed by atoms with Crippen molar-refractivity contribution in [3.8, 4) is 0 Å². The van der Waals surface area contributed by atoms with Gasteiger partial charge in [0.15, 0.2) is 5.78 Å². The maximum atomic E-state index is 11.0. The van der Waals surface area contributed by atoms with Crippen molar-refractivity contribution in [2.45, 2.75) is 200 Å². The lowest BCUT2D eigenvalue weighted by Crippen LogP contribution is -1.85. The van der Waals surface area contributed by atoms with E-state index in [9.17, 15) is 4.79 Å². The van der Waals surface area contributed by atoms with Gasteiger partial charge in [-0.3, -0.25) is 4.79 Å². The zero-order valence-electron chi connectivity index (χ0n) is 26.7. The van der Waals surface area contributed by atoms with Crippen molar-refractivity contribution in [2.75, 3.05) is 0 Å². The molecule has 0 atom stereocenters. The van der Waals surface area contributed by atoms with Crippen molar-refractivity contribution in [2.24, 2.45) is 0 Å². The number of hydrogen-bond acceptors (Lipinski definition) is 1. The van der Waals surface area contributed by atoms with E-state index in [4.69, 9.17) is 0 Å². The lowest BCUT2D eigenvalue weighted by molar-refractivity contribution is -0.110. The molecular weight excluding hydrogens is 472 g/mol. The number of rotatable bonds is 33. The molecule has 39 heavy (non-hydrogen) atoms. The first-order valence-electron chi connectivity index (χ1n) is 17.8. The minimum absolute atomic E-state index is 0.0274. The van der Waals surface area contributed by atoms with E-state index in [0.29, 0.717) is 0 Å². The Morgan fingerprint density at radius 1 is 0.436 bits per heavy atom. The van der Waals surface area contributed by atoms with Gasteiger partial charge in [0.2, 0.25) is 0 Å². The van der Waals surface area contributed by atoms with E-state index in [1.807, 2.05) is 12.2 Å². The maximum Gasteiger partial charge on any atom is 0.178 e. The van der Waals surface area contributed by atoms with Crippen LogP contribution in [-0.4, -0.2) is 5.78 Å². The highest BCUT2D eigenvalue weighted by molar-refractivity contribution is 5.98. The van der Waals surface area contributed by atoms with Crippen LogP contribution >= 0.6 is 0 Å². The molecule has 0 aromatic carbocycles. The van der Waals surface area contributed by atoms with Crippen molar-refractivity contribution >= 4 is 5.78 Å². The summed E-state index contributed by atoms with van der Waals surface area (Å²) in [6, 6.07) is 0. The summed E-state index contributed by atoms with van der Waals surface area (Å²) in [6.45, 7) is 5.76. The van der Waals surface area contributed by atoms with Gasteiger partial charge in [0.25, 0.3) is 0 Å². The van der Waals surface area contributed by atoms with Gasteiger partial charge in [-0.2, -0.15) is 0 Å². The Labute approximate surface area is 246 Å². The van der Waals surface area contributed by atoms with Crippen molar-refractivity contribution < 1.29 is 4.79 Å². The zero-order valence-corrected chi connectivity index (χ0v) is 26.7. The molecule has 0 heterocycles. The van der Waals surface area contributed by atoms with E-state index in [0.717, 1.165) is 6.42 Å². The molecule has 0 bridgehead atoms. The normalized spacial score (nSPS) is 11.7. The second-order valence-corrected chi connectivity index (χ2v) is 12.1. The van der Waals surface area contributed by atoms with E-state index in [2.05, 4.69) is 19.6 Å². The summed E-state index contributed by atoms with van der Waals surface area (Å²) in [4.78, 5) is 11.0. The summed E-state index contributed by atoms with van der Waals surface area (Å²) in [5.41, 5.74) is 0. The highest BCUT2D eigenvalue weighted by Crippen LogP contribution is 2.16. The standard InChI is InChI=1S/C38H70O/c1-3-5-6-7-8-9-10-11-12-13-14-15-16-17-18-19-20-21-22-23-24-25-26-27-28-29-30-31-32-33-34-35-36-37-38(39)4-2/h4,34-37H,2-3,5-33H2,1H3. The van der Waals surface area contributed by atoms with Crippen LogP contribution in [0.5, 0.6) is 0 Å². The largest absolute Gasteiger partial charge is 0.290 e. The van der Waals surface area contributed by atoms with Crippen LogP contribution in [0.4, 0.5) is 0 Å². The van der Waals surface area contributed by atoms with Crippen molar-refractivity contribution in [1.29, 1.82) is 0 Å². The molecule has 0 aliphatic heterocycles. The SMILES string of the molecule is C=CC(=O)C=CC=CCCCCCCCCCCCCCCCCCCCCCCCCCCCCCCC. The van der Waals surface area contributed by atoms with Crippen LogP contribution < -0.4 is 0 Å². The van der Waals surface area contributed by atoms with E-state index in [-0.39, 0.29) is 5.78 Å². The van der Waals surface area contributed by atoms with Crippen LogP contribution in [-0.2, 0) is 4.79 Å². The van der Waals surface area contributed by atoms with Gasteiger partial charge in [0, 0.05) is 0 Å². The van der Waals surface area contributed by atoms with Crippen LogP contribution in [0, 0.1) is 0 Å². The molecule has 0 radical (unpaired) electrons. The predicted molar refractivity (Wildman–Crippen MR) is 178 cm³/mol. The smallest absolute Gasteiger partial charge is 0.178 e. The molecule has 0 aromatic heterocycles. The highest BCUT2D eigenvalue weighted by Gasteiger charge is 1.96. The number of hydrogen-bond donors (Lipinski definition) is 0. The van der Waals surface area contributed by atoms with E-state index < -0.39 is 0 Å². The minimum Gasteiger partial charge on any atom is -0.290 e. The van der Waals surface area contributed by atoms with Crippen LogP contribution in [0.1, 0.15) is 200 Å². The first-order valence-corrected chi connectivity index (χ1v) is 17.8. The molecule has 228 valence electrons. The number of carbonyl (C=O) groups excluding carboxylic acids is 1. The Hall–Kier alpha value is -1.11. The average Bonchev–Trinajstić information content (AvgIpc) is 2.95. The van der Waals surface area contributed by atoms with Crippen molar-refractivity contribution in [1.82, 2.24) is 0 Å². The minimum atomic E-state index is -0.0274. The van der Waals surface area contributed by atoms with Gasteiger partial charge in [0.1, 0.15) is 0 Å². The number of ketones is 1. The fourth-order valence-electron chi connectivity index (χ4n) is 5.50. The molecule has 1 nitrogen and oxygen atoms in total. The number of carbonyl (C=O) groups is 1. The van der Waals surface area contributed by atoms with Gasteiger partial charge in [0.05, 0.1) is 0 Å². The molecule has 0 spiro atoms.